The van der Waals surface area contributed by atoms with E-state index in [0.29, 0.717) is 22.7 Å². The van der Waals surface area contributed by atoms with Crippen LogP contribution in [0.15, 0.2) is 77.7 Å². The van der Waals surface area contributed by atoms with E-state index in [2.05, 4.69) is 5.32 Å². The highest BCUT2D eigenvalue weighted by Gasteiger charge is 2.36. The molecule has 166 valence electrons. The zero-order chi connectivity index (χ0) is 23.4. The minimum absolute atomic E-state index is 0.261. The van der Waals surface area contributed by atoms with Crippen LogP contribution in [0.25, 0.3) is 6.08 Å². The maximum Gasteiger partial charge on any atom is 0.294 e. The highest BCUT2D eigenvalue weighted by molar-refractivity contribution is 8.18. The van der Waals surface area contributed by atoms with Gasteiger partial charge in [0.05, 0.1) is 4.91 Å². The molecule has 1 aliphatic rings. The van der Waals surface area contributed by atoms with E-state index < -0.39 is 17.1 Å². The van der Waals surface area contributed by atoms with Gasteiger partial charge in [0.1, 0.15) is 18.0 Å². The molecule has 3 amide bonds. The summed E-state index contributed by atoms with van der Waals surface area (Å²) in [6.07, 6.45) is 1.63. The van der Waals surface area contributed by atoms with Gasteiger partial charge in [0.2, 0.25) is 5.91 Å². The lowest BCUT2D eigenvalue weighted by Gasteiger charge is -2.14. The number of anilines is 1. The Hall–Kier alpha value is -3.84. The molecule has 1 fully saturated rings. The molecule has 3 aromatic rings. The third kappa shape index (κ3) is 5.51. The predicted molar refractivity (Wildman–Crippen MR) is 130 cm³/mol. The number of carbonyl (C=O) groups excluding carboxylic acids is 3. The van der Waals surface area contributed by atoms with Gasteiger partial charge in [-0.15, -0.1) is 0 Å². The average Bonchev–Trinajstić information content (AvgIpc) is 3.04. The molecule has 0 aliphatic carbocycles. The fourth-order valence-electron chi connectivity index (χ4n) is 3.28. The third-order valence-electron chi connectivity index (χ3n) is 4.98. The summed E-state index contributed by atoms with van der Waals surface area (Å²) in [5.41, 5.74) is 3.29. The second-order valence-corrected chi connectivity index (χ2v) is 8.62. The standard InChI is InChI=1S/C26H22N2O4S/c1-17-11-12-18(2)22(13-17)27-24(29)16-28-25(30)23(33-26(28)31)15-19-7-6-10-21(14-19)32-20-8-4-3-5-9-20/h3-15H,16H2,1-2H3,(H,27,29)/b23-15+. The number of amides is 3. The van der Waals surface area contributed by atoms with Crippen molar-refractivity contribution in [2.24, 2.45) is 0 Å². The lowest BCUT2D eigenvalue weighted by atomic mass is 10.1. The van der Waals surface area contributed by atoms with Gasteiger partial charge in [-0.2, -0.15) is 0 Å². The minimum Gasteiger partial charge on any atom is -0.457 e. The smallest absolute Gasteiger partial charge is 0.294 e. The molecule has 0 atom stereocenters. The van der Waals surface area contributed by atoms with Crippen LogP contribution in [-0.4, -0.2) is 28.5 Å². The number of ether oxygens (including phenoxy) is 1. The molecule has 0 aromatic heterocycles. The van der Waals surface area contributed by atoms with E-state index in [9.17, 15) is 14.4 Å². The molecule has 7 heteroatoms. The van der Waals surface area contributed by atoms with E-state index in [1.54, 1.807) is 12.1 Å². The SMILES string of the molecule is Cc1ccc(C)c(NC(=O)CN2C(=O)S/C(=C/c3cccc(Oc4ccccc4)c3)C2=O)c1. The van der Waals surface area contributed by atoms with Crippen molar-refractivity contribution in [1.29, 1.82) is 0 Å². The summed E-state index contributed by atoms with van der Waals surface area (Å²) in [4.78, 5) is 39.0. The Morgan fingerprint density at radius 1 is 0.970 bits per heavy atom. The van der Waals surface area contributed by atoms with Crippen molar-refractivity contribution < 1.29 is 19.1 Å². The Kier molecular flexibility index (Phi) is 6.60. The van der Waals surface area contributed by atoms with E-state index in [4.69, 9.17) is 4.74 Å². The summed E-state index contributed by atoms with van der Waals surface area (Å²) >= 11 is 0.818. The van der Waals surface area contributed by atoms with Gasteiger partial charge in [-0.05, 0) is 78.7 Å². The molecule has 1 heterocycles. The topological polar surface area (TPSA) is 75.7 Å². The quantitative estimate of drug-likeness (QED) is 0.475. The van der Waals surface area contributed by atoms with Crippen LogP contribution in [0.2, 0.25) is 0 Å². The van der Waals surface area contributed by atoms with Crippen LogP contribution in [-0.2, 0) is 9.59 Å². The zero-order valence-corrected chi connectivity index (χ0v) is 19.0. The second kappa shape index (κ2) is 9.75. The molecule has 0 bridgehead atoms. The van der Waals surface area contributed by atoms with Gasteiger partial charge in [0.15, 0.2) is 0 Å². The molecule has 0 saturated carbocycles. The first-order chi connectivity index (χ1) is 15.9. The molecular formula is C26H22N2O4S. The Bertz CT molecular complexity index is 1250. The van der Waals surface area contributed by atoms with Crippen molar-refractivity contribution in [1.82, 2.24) is 4.90 Å². The number of aryl methyl sites for hydroxylation is 2. The molecule has 1 aliphatic heterocycles. The van der Waals surface area contributed by atoms with Gasteiger partial charge in [-0.25, -0.2) is 0 Å². The van der Waals surface area contributed by atoms with Crippen molar-refractivity contribution in [3.05, 3.63) is 94.4 Å². The monoisotopic (exact) mass is 458 g/mol. The number of imide groups is 1. The Balaban J connectivity index is 1.45. The molecule has 4 rings (SSSR count). The first-order valence-corrected chi connectivity index (χ1v) is 11.2. The number of nitrogens with one attached hydrogen (secondary N) is 1. The number of benzene rings is 3. The number of thioether (sulfide) groups is 1. The normalized spacial score (nSPS) is 14.6. The molecule has 0 radical (unpaired) electrons. The minimum atomic E-state index is -0.490. The molecule has 1 N–H and O–H groups in total. The third-order valence-corrected chi connectivity index (χ3v) is 5.88. The van der Waals surface area contributed by atoms with E-state index in [1.165, 1.54) is 0 Å². The van der Waals surface area contributed by atoms with E-state index >= 15 is 0 Å². The van der Waals surface area contributed by atoms with Crippen molar-refractivity contribution >= 4 is 40.6 Å². The van der Waals surface area contributed by atoms with Crippen LogP contribution in [0.5, 0.6) is 11.5 Å². The highest BCUT2D eigenvalue weighted by atomic mass is 32.2. The summed E-state index contributed by atoms with van der Waals surface area (Å²) in [6, 6.07) is 22.3. The maximum absolute atomic E-state index is 12.8. The molecule has 6 nitrogen and oxygen atoms in total. The fourth-order valence-corrected chi connectivity index (χ4v) is 4.12. The molecule has 0 unspecified atom stereocenters. The largest absolute Gasteiger partial charge is 0.457 e. The summed E-state index contributed by atoms with van der Waals surface area (Å²) < 4.78 is 5.83. The zero-order valence-electron chi connectivity index (χ0n) is 18.2. The lowest BCUT2D eigenvalue weighted by molar-refractivity contribution is -0.127. The van der Waals surface area contributed by atoms with E-state index in [0.717, 1.165) is 27.8 Å². The Morgan fingerprint density at radius 2 is 1.73 bits per heavy atom. The van der Waals surface area contributed by atoms with Gasteiger partial charge in [-0.3, -0.25) is 19.3 Å². The summed E-state index contributed by atoms with van der Waals surface area (Å²) in [5, 5.41) is 2.31. The van der Waals surface area contributed by atoms with Gasteiger partial charge in [-0.1, -0.05) is 42.5 Å². The number of hydrogen-bond acceptors (Lipinski definition) is 5. The van der Waals surface area contributed by atoms with Crippen molar-refractivity contribution in [2.45, 2.75) is 13.8 Å². The van der Waals surface area contributed by atoms with E-state index in [1.807, 2.05) is 80.6 Å². The Labute approximate surface area is 196 Å². The number of nitrogens with zero attached hydrogens (tertiary/aromatic N) is 1. The van der Waals surface area contributed by atoms with Crippen LogP contribution in [0, 0.1) is 13.8 Å². The van der Waals surface area contributed by atoms with E-state index in [-0.39, 0.29) is 11.4 Å². The van der Waals surface area contributed by atoms with Gasteiger partial charge in [0.25, 0.3) is 11.1 Å². The molecule has 33 heavy (non-hydrogen) atoms. The van der Waals surface area contributed by atoms with Crippen LogP contribution in [0.3, 0.4) is 0 Å². The fraction of sp³-hybridized carbons (Fsp3) is 0.115. The van der Waals surface area contributed by atoms with Crippen molar-refractivity contribution in [3.63, 3.8) is 0 Å². The number of rotatable bonds is 6. The predicted octanol–water partition coefficient (Wildman–Crippen LogP) is 5.77. The number of para-hydroxylation sites is 1. The van der Waals surface area contributed by atoms with Gasteiger partial charge < -0.3 is 10.1 Å². The Morgan fingerprint density at radius 3 is 2.52 bits per heavy atom. The highest BCUT2D eigenvalue weighted by Crippen LogP contribution is 2.33. The average molecular weight is 459 g/mol. The summed E-state index contributed by atoms with van der Waals surface area (Å²) in [6.45, 7) is 3.47. The molecule has 3 aromatic carbocycles. The maximum atomic E-state index is 12.8. The number of carbonyl (C=O) groups is 3. The first kappa shape index (κ1) is 22.4. The summed E-state index contributed by atoms with van der Waals surface area (Å²) in [7, 11) is 0. The summed E-state index contributed by atoms with van der Waals surface area (Å²) in [5.74, 6) is 0.396. The first-order valence-electron chi connectivity index (χ1n) is 10.3. The van der Waals surface area contributed by atoms with Crippen LogP contribution in [0.4, 0.5) is 10.5 Å². The van der Waals surface area contributed by atoms with Gasteiger partial charge >= 0.3 is 0 Å². The van der Waals surface area contributed by atoms with Crippen LogP contribution in [0.1, 0.15) is 16.7 Å². The molecule has 0 spiro atoms. The molecular weight excluding hydrogens is 436 g/mol. The second-order valence-electron chi connectivity index (χ2n) is 7.62. The van der Waals surface area contributed by atoms with Gasteiger partial charge in [0, 0.05) is 5.69 Å². The van der Waals surface area contributed by atoms with Crippen LogP contribution < -0.4 is 10.1 Å². The molecule has 1 saturated heterocycles. The van der Waals surface area contributed by atoms with Crippen LogP contribution >= 0.6 is 11.8 Å². The van der Waals surface area contributed by atoms with Crippen molar-refractivity contribution in [2.75, 3.05) is 11.9 Å². The lowest BCUT2D eigenvalue weighted by Crippen LogP contribution is -2.36. The van der Waals surface area contributed by atoms with Crippen molar-refractivity contribution in [3.8, 4) is 11.5 Å². The number of hydrogen-bond donors (Lipinski definition) is 1.